The Hall–Kier alpha value is -1.13. The second-order valence-corrected chi connectivity index (χ2v) is 5.29. The average molecular weight is 294 g/mol. The molecule has 0 N–H and O–H groups in total. The standard InChI is InChI=1S/C13H16BrN3/c1-16(2)8-10-4-6-11(7-5-10)13-12(14)9-17(3)15-13/h4-7,9H,8H2,1-3H3. The molecule has 0 spiro atoms. The molecule has 0 fully saturated rings. The fraction of sp³-hybridized carbons (Fsp3) is 0.308. The number of hydrogen-bond acceptors (Lipinski definition) is 2. The van der Waals surface area contributed by atoms with Crippen molar-refractivity contribution in [3.05, 3.63) is 40.5 Å². The lowest BCUT2D eigenvalue weighted by molar-refractivity contribution is 0.402. The van der Waals surface area contributed by atoms with Gasteiger partial charge in [0.2, 0.25) is 0 Å². The molecule has 2 aromatic rings. The van der Waals surface area contributed by atoms with E-state index in [4.69, 9.17) is 0 Å². The van der Waals surface area contributed by atoms with Gasteiger partial charge in [0, 0.05) is 25.4 Å². The summed E-state index contributed by atoms with van der Waals surface area (Å²) in [5.74, 6) is 0. The van der Waals surface area contributed by atoms with Crippen LogP contribution in [0.25, 0.3) is 11.3 Å². The van der Waals surface area contributed by atoms with Gasteiger partial charge in [-0.2, -0.15) is 5.10 Å². The zero-order valence-corrected chi connectivity index (χ0v) is 11.9. The van der Waals surface area contributed by atoms with E-state index in [2.05, 4.69) is 64.3 Å². The molecule has 0 radical (unpaired) electrons. The molecule has 0 aliphatic heterocycles. The van der Waals surface area contributed by atoms with Crippen molar-refractivity contribution >= 4 is 15.9 Å². The fourth-order valence-electron chi connectivity index (χ4n) is 1.79. The summed E-state index contributed by atoms with van der Waals surface area (Å²) in [7, 11) is 6.07. The summed E-state index contributed by atoms with van der Waals surface area (Å²) in [6.45, 7) is 0.962. The van der Waals surface area contributed by atoms with E-state index in [9.17, 15) is 0 Å². The lowest BCUT2D eigenvalue weighted by Crippen LogP contribution is -2.10. The molecule has 2 rings (SSSR count). The Labute approximate surface area is 110 Å². The van der Waals surface area contributed by atoms with E-state index < -0.39 is 0 Å². The molecule has 1 aromatic carbocycles. The van der Waals surface area contributed by atoms with Crippen molar-refractivity contribution in [1.82, 2.24) is 14.7 Å². The largest absolute Gasteiger partial charge is 0.305 e. The van der Waals surface area contributed by atoms with Gasteiger partial charge in [-0.1, -0.05) is 24.3 Å². The Balaban J connectivity index is 2.26. The minimum absolute atomic E-state index is 0.962. The van der Waals surface area contributed by atoms with Crippen LogP contribution in [0.1, 0.15) is 5.56 Å². The maximum absolute atomic E-state index is 4.43. The summed E-state index contributed by atoms with van der Waals surface area (Å²) >= 11 is 3.52. The SMILES string of the molecule is CN(C)Cc1ccc(-c2nn(C)cc2Br)cc1. The van der Waals surface area contributed by atoms with Crippen LogP contribution in [-0.4, -0.2) is 28.8 Å². The van der Waals surface area contributed by atoms with Crippen LogP contribution < -0.4 is 0 Å². The molecule has 4 heteroatoms. The number of aromatic nitrogens is 2. The van der Waals surface area contributed by atoms with Crippen molar-refractivity contribution in [2.24, 2.45) is 7.05 Å². The van der Waals surface area contributed by atoms with Crippen LogP contribution in [0.4, 0.5) is 0 Å². The summed E-state index contributed by atoms with van der Waals surface area (Å²) in [5.41, 5.74) is 3.44. The highest BCUT2D eigenvalue weighted by Gasteiger charge is 2.07. The predicted molar refractivity (Wildman–Crippen MR) is 73.7 cm³/mol. The highest BCUT2D eigenvalue weighted by Crippen LogP contribution is 2.26. The molecule has 0 aliphatic rings. The van der Waals surface area contributed by atoms with E-state index in [0.29, 0.717) is 0 Å². The first-order valence-corrected chi connectivity index (χ1v) is 6.29. The van der Waals surface area contributed by atoms with Gasteiger partial charge >= 0.3 is 0 Å². The molecule has 17 heavy (non-hydrogen) atoms. The third-order valence-electron chi connectivity index (χ3n) is 2.51. The molecule has 90 valence electrons. The summed E-state index contributed by atoms with van der Waals surface area (Å²) in [6.07, 6.45) is 1.96. The van der Waals surface area contributed by atoms with Crippen LogP contribution in [0, 0.1) is 0 Å². The van der Waals surface area contributed by atoms with Gasteiger partial charge < -0.3 is 4.90 Å². The number of aryl methyl sites for hydroxylation is 1. The molecular formula is C13H16BrN3. The quantitative estimate of drug-likeness (QED) is 0.868. The maximum Gasteiger partial charge on any atom is 0.106 e. The topological polar surface area (TPSA) is 21.1 Å². The maximum atomic E-state index is 4.43. The van der Waals surface area contributed by atoms with Gasteiger partial charge in [0.25, 0.3) is 0 Å². The highest BCUT2D eigenvalue weighted by molar-refractivity contribution is 9.10. The smallest absolute Gasteiger partial charge is 0.106 e. The van der Waals surface area contributed by atoms with Gasteiger partial charge in [0.1, 0.15) is 5.69 Å². The van der Waals surface area contributed by atoms with Gasteiger partial charge in [0.05, 0.1) is 4.47 Å². The van der Waals surface area contributed by atoms with Crippen molar-refractivity contribution in [2.45, 2.75) is 6.54 Å². The minimum Gasteiger partial charge on any atom is -0.305 e. The number of rotatable bonds is 3. The molecule has 1 heterocycles. The summed E-state index contributed by atoms with van der Waals surface area (Å²) < 4.78 is 2.84. The third-order valence-corrected chi connectivity index (χ3v) is 3.09. The van der Waals surface area contributed by atoms with Crippen LogP contribution in [0.5, 0.6) is 0 Å². The Morgan fingerprint density at radius 1 is 1.24 bits per heavy atom. The Morgan fingerprint density at radius 3 is 2.35 bits per heavy atom. The number of benzene rings is 1. The van der Waals surface area contributed by atoms with Crippen LogP contribution >= 0.6 is 15.9 Å². The summed E-state index contributed by atoms with van der Waals surface area (Å²) in [4.78, 5) is 2.16. The van der Waals surface area contributed by atoms with Crippen LogP contribution in [0.3, 0.4) is 0 Å². The van der Waals surface area contributed by atoms with E-state index in [0.717, 1.165) is 22.3 Å². The first-order valence-electron chi connectivity index (χ1n) is 5.49. The van der Waals surface area contributed by atoms with E-state index >= 15 is 0 Å². The Morgan fingerprint density at radius 2 is 1.88 bits per heavy atom. The molecule has 0 aliphatic carbocycles. The lowest BCUT2D eigenvalue weighted by atomic mass is 10.1. The zero-order valence-electron chi connectivity index (χ0n) is 10.3. The van der Waals surface area contributed by atoms with Crippen LogP contribution in [0.15, 0.2) is 34.9 Å². The second kappa shape index (κ2) is 5.02. The predicted octanol–water partition coefficient (Wildman–Crippen LogP) is 2.91. The molecule has 0 bridgehead atoms. The van der Waals surface area contributed by atoms with Gasteiger partial charge in [0.15, 0.2) is 0 Å². The summed E-state index contributed by atoms with van der Waals surface area (Å²) in [6, 6.07) is 8.53. The van der Waals surface area contributed by atoms with Gasteiger partial charge in [-0.3, -0.25) is 4.68 Å². The van der Waals surface area contributed by atoms with Crippen LogP contribution in [0.2, 0.25) is 0 Å². The lowest BCUT2D eigenvalue weighted by Gasteiger charge is -2.09. The molecule has 0 unspecified atom stereocenters. The number of hydrogen-bond donors (Lipinski definition) is 0. The van der Waals surface area contributed by atoms with E-state index in [1.807, 2.05) is 17.9 Å². The second-order valence-electron chi connectivity index (χ2n) is 4.43. The molecule has 1 aromatic heterocycles. The molecular weight excluding hydrogens is 278 g/mol. The average Bonchev–Trinajstić information content (AvgIpc) is 2.58. The first-order chi connectivity index (χ1) is 8.06. The zero-order chi connectivity index (χ0) is 12.4. The molecule has 0 amide bonds. The monoisotopic (exact) mass is 293 g/mol. The van der Waals surface area contributed by atoms with E-state index in [1.165, 1.54) is 5.56 Å². The van der Waals surface area contributed by atoms with Gasteiger partial charge in [-0.25, -0.2) is 0 Å². The van der Waals surface area contributed by atoms with E-state index in [1.54, 1.807) is 0 Å². The molecule has 0 atom stereocenters. The normalized spacial score (nSPS) is 11.1. The Bertz CT molecular complexity index is 500. The highest BCUT2D eigenvalue weighted by atomic mass is 79.9. The van der Waals surface area contributed by atoms with Gasteiger partial charge in [-0.05, 0) is 35.6 Å². The fourth-order valence-corrected chi connectivity index (χ4v) is 2.39. The van der Waals surface area contributed by atoms with Gasteiger partial charge in [-0.15, -0.1) is 0 Å². The summed E-state index contributed by atoms with van der Waals surface area (Å²) in [5, 5.41) is 4.43. The Kier molecular flexibility index (Phi) is 3.64. The molecule has 0 saturated carbocycles. The van der Waals surface area contributed by atoms with Crippen molar-refractivity contribution < 1.29 is 0 Å². The van der Waals surface area contributed by atoms with Crippen molar-refractivity contribution in [3.63, 3.8) is 0 Å². The van der Waals surface area contributed by atoms with Crippen LogP contribution in [-0.2, 0) is 13.6 Å². The third kappa shape index (κ3) is 2.96. The number of nitrogens with zero attached hydrogens (tertiary/aromatic N) is 3. The van der Waals surface area contributed by atoms with Crippen molar-refractivity contribution in [2.75, 3.05) is 14.1 Å². The molecule has 3 nitrogen and oxygen atoms in total. The van der Waals surface area contributed by atoms with E-state index in [-0.39, 0.29) is 0 Å². The van der Waals surface area contributed by atoms with Crippen molar-refractivity contribution in [3.8, 4) is 11.3 Å². The van der Waals surface area contributed by atoms with Crippen molar-refractivity contribution in [1.29, 1.82) is 0 Å². The first kappa shape index (κ1) is 12.3. The number of halogens is 1. The minimum atomic E-state index is 0.962. The molecule has 0 saturated heterocycles.